The first-order chi connectivity index (χ1) is 13.0. The van der Waals surface area contributed by atoms with Crippen molar-refractivity contribution in [3.63, 3.8) is 0 Å². The highest BCUT2D eigenvalue weighted by Crippen LogP contribution is 2.20. The molecule has 0 atom stereocenters. The topological polar surface area (TPSA) is 67.4 Å². The van der Waals surface area contributed by atoms with E-state index in [1.807, 2.05) is 63.2 Å². The van der Waals surface area contributed by atoms with E-state index in [-0.39, 0.29) is 18.4 Å². The van der Waals surface area contributed by atoms with Gasteiger partial charge in [-0.15, -0.1) is 0 Å². The van der Waals surface area contributed by atoms with E-state index in [4.69, 9.17) is 4.74 Å². The Balaban J connectivity index is 1.58. The molecule has 2 aromatic carbocycles. The van der Waals surface area contributed by atoms with Gasteiger partial charge in [0.25, 0.3) is 5.91 Å². The summed E-state index contributed by atoms with van der Waals surface area (Å²) in [7, 11) is 0. The molecule has 0 bridgehead atoms. The van der Waals surface area contributed by atoms with Crippen LogP contribution in [0.25, 0.3) is 0 Å². The highest BCUT2D eigenvalue weighted by Gasteiger charge is 2.06. The average Bonchev–Trinajstić information content (AvgIpc) is 2.66. The van der Waals surface area contributed by atoms with Crippen molar-refractivity contribution in [3.05, 3.63) is 64.7 Å². The molecule has 2 rings (SSSR count). The second kappa shape index (κ2) is 10.4. The number of carbonyl (C=O) groups excluding carboxylic acids is 2. The summed E-state index contributed by atoms with van der Waals surface area (Å²) in [4.78, 5) is 23.7. The van der Waals surface area contributed by atoms with Crippen molar-refractivity contribution in [2.75, 3.05) is 19.7 Å². The first-order valence-corrected chi connectivity index (χ1v) is 9.23. The number of amides is 2. The molecule has 5 heteroatoms. The van der Waals surface area contributed by atoms with Gasteiger partial charge in [-0.05, 0) is 49.9 Å². The molecule has 5 nitrogen and oxygen atoms in total. The van der Waals surface area contributed by atoms with Crippen LogP contribution in [0.1, 0.15) is 28.7 Å². The largest absolute Gasteiger partial charge is 0.483 e. The minimum absolute atomic E-state index is 0.0172. The lowest BCUT2D eigenvalue weighted by Crippen LogP contribution is -2.36. The van der Waals surface area contributed by atoms with Crippen molar-refractivity contribution in [2.24, 2.45) is 0 Å². The van der Waals surface area contributed by atoms with Crippen molar-refractivity contribution in [2.45, 2.75) is 33.6 Å². The van der Waals surface area contributed by atoms with Crippen LogP contribution in [0.5, 0.6) is 5.75 Å². The second-order valence-electron chi connectivity index (χ2n) is 6.67. The van der Waals surface area contributed by atoms with Gasteiger partial charge in [0.05, 0.1) is 0 Å². The number of nitrogens with one attached hydrogen (secondary N) is 2. The summed E-state index contributed by atoms with van der Waals surface area (Å²) < 4.78 is 5.55. The standard InChI is InChI=1S/C22H28N2O3/c1-16-7-9-19(10-8-16)11-12-21(25)23-13-14-24-22(26)15-27-20-6-4-5-17(2)18(20)3/h4-10H,11-15H2,1-3H3,(H,23,25)(H,24,26). The Morgan fingerprint density at radius 1 is 0.889 bits per heavy atom. The molecule has 0 saturated carbocycles. The zero-order valence-corrected chi connectivity index (χ0v) is 16.3. The first kappa shape index (κ1) is 20.5. The number of aryl methyl sites for hydroxylation is 3. The normalized spacial score (nSPS) is 10.3. The maximum atomic E-state index is 11.9. The molecule has 2 aromatic rings. The molecule has 2 N–H and O–H groups in total. The molecule has 0 fully saturated rings. The number of ether oxygens (including phenoxy) is 1. The third-order valence-corrected chi connectivity index (χ3v) is 4.44. The van der Waals surface area contributed by atoms with Crippen LogP contribution in [0.15, 0.2) is 42.5 Å². The number of hydrogen-bond acceptors (Lipinski definition) is 3. The third-order valence-electron chi connectivity index (χ3n) is 4.44. The summed E-state index contributed by atoms with van der Waals surface area (Å²) in [5.41, 5.74) is 4.51. The lowest BCUT2D eigenvalue weighted by atomic mass is 10.1. The van der Waals surface area contributed by atoms with Crippen molar-refractivity contribution in [3.8, 4) is 5.75 Å². The number of rotatable bonds is 9. The smallest absolute Gasteiger partial charge is 0.258 e. The van der Waals surface area contributed by atoms with Crippen LogP contribution in [0.2, 0.25) is 0 Å². The maximum Gasteiger partial charge on any atom is 0.258 e. The van der Waals surface area contributed by atoms with E-state index in [9.17, 15) is 9.59 Å². The third kappa shape index (κ3) is 7.13. The van der Waals surface area contributed by atoms with Gasteiger partial charge < -0.3 is 15.4 Å². The Morgan fingerprint density at radius 2 is 1.56 bits per heavy atom. The molecule has 0 spiro atoms. The van der Waals surface area contributed by atoms with Gasteiger partial charge >= 0.3 is 0 Å². The van der Waals surface area contributed by atoms with E-state index in [1.54, 1.807) is 0 Å². The molecule has 0 saturated heterocycles. The Labute approximate surface area is 161 Å². The minimum atomic E-state index is -0.204. The molecule has 0 aliphatic carbocycles. The van der Waals surface area contributed by atoms with Gasteiger partial charge in [0.1, 0.15) is 5.75 Å². The molecular formula is C22H28N2O3. The molecule has 0 aromatic heterocycles. The lowest BCUT2D eigenvalue weighted by molar-refractivity contribution is -0.124. The quantitative estimate of drug-likeness (QED) is 0.669. The molecule has 0 radical (unpaired) electrons. The van der Waals surface area contributed by atoms with Crippen molar-refractivity contribution in [1.82, 2.24) is 10.6 Å². The van der Waals surface area contributed by atoms with Gasteiger partial charge in [-0.3, -0.25) is 9.59 Å². The molecule has 144 valence electrons. The predicted molar refractivity (Wildman–Crippen MR) is 107 cm³/mol. The van der Waals surface area contributed by atoms with E-state index < -0.39 is 0 Å². The van der Waals surface area contributed by atoms with E-state index in [1.165, 1.54) is 5.56 Å². The van der Waals surface area contributed by atoms with Crippen LogP contribution < -0.4 is 15.4 Å². The molecule has 0 unspecified atom stereocenters. The average molecular weight is 368 g/mol. The Hall–Kier alpha value is -2.82. The van der Waals surface area contributed by atoms with E-state index >= 15 is 0 Å². The fourth-order valence-electron chi connectivity index (χ4n) is 2.58. The Morgan fingerprint density at radius 3 is 2.26 bits per heavy atom. The fourth-order valence-corrected chi connectivity index (χ4v) is 2.58. The summed E-state index contributed by atoms with van der Waals surface area (Å²) >= 11 is 0. The van der Waals surface area contributed by atoms with Crippen LogP contribution in [-0.2, 0) is 16.0 Å². The first-order valence-electron chi connectivity index (χ1n) is 9.23. The molecule has 0 aliphatic heterocycles. The van der Waals surface area contributed by atoms with E-state index in [2.05, 4.69) is 10.6 Å². The second-order valence-corrected chi connectivity index (χ2v) is 6.67. The highest BCUT2D eigenvalue weighted by atomic mass is 16.5. The van der Waals surface area contributed by atoms with Crippen molar-refractivity contribution >= 4 is 11.8 Å². The van der Waals surface area contributed by atoms with Gasteiger partial charge in [-0.25, -0.2) is 0 Å². The fraction of sp³-hybridized carbons (Fsp3) is 0.364. The van der Waals surface area contributed by atoms with Crippen LogP contribution in [0.4, 0.5) is 0 Å². The number of hydrogen-bond donors (Lipinski definition) is 2. The van der Waals surface area contributed by atoms with Gasteiger partial charge in [-0.1, -0.05) is 42.0 Å². The lowest BCUT2D eigenvalue weighted by Gasteiger charge is -2.11. The van der Waals surface area contributed by atoms with Crippen molar-refractivity contribution < 1.29 is 14.3 Å². The van der Waals surface area contributed by atoms with Gasteiger partial charge in [0.2, 0.25) is 5.91 Å². The predicted octanol–water partition coefficient (Wildman–Crippen LogP) is 2.86. The zero-order valence-electron chi connectivity index (χ0n) is 16.3. The van der Waals surface area contributed by atoms with Crippen LogP contribution >= 0.6 is 0 Å². The van der Waals surface area contributed by atoms with Gasteiger partial charge in [0.15, 0.2) is 6.61 Å². The van der Waals surface area contributed by atoms with Gasteiger partial charge in [-0.2, -0.15) is 0 Å². The zero-order chi connectivity index (χ0) is 19.6. The summed E-state index contributed by atoms with van der Waals surface area (Å²) in [6.45, 7) is 6.76. The van der Waals surface area contributed by atoms with Crippen LogP contribution in [0.3, 0.4) is 0 Å². The van der Waals surface area contributed by atoms with E-state index in [0.717, 1.165) is 22.4 Å². The molecule has 2 amide bonds. The van der Waals surface area contributed by atoms with Crippen LogP contribution in [0, 0.1) is 20.8 Å². The molecule has 0 aliphatic rings. The number of carbonyl (C=O) groups is 2. The highest BCUT2D eigenvalue weighted by molar-refractivity contribution is 5.78. The molecule has 0 heterocycles. The Kier molecular flexibility index (Phi) is 7.86. The summed E-state index contributed by atoms with van der Waals surface area (Å²) in [6, 6.07) is 13.9. The SMILES string of the molecule is Cc1ccc(CCC(=O)NCCNC(=O)COc2cccc(C)c2C)cc1. The molecular weight excluding hydrogens is 340 g/mol. The summed E-state index contributed by atoms with van der Waals surface area (Å²) in [5.74, 6) is 0.496. The van der Waals surface area contributed by atoms with Crippen LogP contribution in [-0.4, -0.2) is 31.5 Å². The minimum Gasteiger partial charge on any atom is -0.483 e. The van der Waals surface area contributed by atoms with Gasteiger partial charge in [0, 0.05) is 19.5 Å². The summed E-state index contributed by atoms with van der Waals surface area (Å²) in [5, 5.41) is 5.56. The number of benzene rings is 2. The summed E-state index contributed by atoms with van der Waals surface area (Å²) in [6.07, 6.45) is 1.15. The van der Waals surface area contributed by atoms with E-state index in [0.29, 0.717) is 25.9 Å². The maximum absolute atomic E-state index is 11.9. The molecule has 27 heavy (non-hydrogen) atoms. The monoisotopic (exact) mass is 368 g/mol. The Bertz CT molecular complexity index is 770. The van der Waals surface area contributed by atoms with Crippen molar-refractivity contribution in [1.29, 1.82) is 0 Å².